The average Bonchev–Trinajstić information content (AvgIpc) is 2.66. The molecular formula is C12H12N2O4. The minimum absolute atomic E-state index is 0.118. The third-order valence-corrected chi connectivity index (χ3v) is 2.69. The molecule has 0 aliphatic heterocycles. The van der Waals surface area contributed by atoms with Crippen molar-refractivity contribution >= 4 is 5.97 Å². The van der Waals surface area contributed by atoms with E-state index in [0.717, 1.165) is 0 Å². The highest BCUT2D eigenvalue weighted by molar-refractivity contribution is 5.93. The van der Waals surface area contributed by atoms with Crippen molar-refractivity contribution in [2.45, 2.75) is 0 Å². The van der Waals surface area contributed by atoms with Crippen LogP contribution in [0.3, 0.4) is 0 Å². The number of H-pyrrole nitrogens is 1. The SMILES string of the molecule is COc1ccc(-c2c(C(=O)O)[nH]c(=O)n2C)cc1. The summed E-state index contributed by atoms with van der Waals surface area (Å²) in [5, 5.41) is 9.06. The van der Waals surface area contributed by atoms with Gasteiger partial charge in [0.25, 0.3) is 0 Å². The highest BCUT2D eigenvalue weighted by Crippen LogP contribution is 2.23. The molecule has 0 spiro atoms. The second kappa shape index (κ2) is 4.40. The number of imidazole rings is 1. The smallest absolute Gasteiger partial charge is 0.354 e. The van der Waals surface area contributed by atoms with E-state index in [0.29, 0.717) is 17.0 Å². The number of benzene rings is 1. The second-order valence-electron chi connectivity index (χ2n) is 3.75. The predicted octanol–water partition coefficient (Wildman–Crippen LogP) is 1.09. The van der Waals surface area contributed by atoms with Gasteiger partial charge >= 0.3 is 11.7 Å². The minimum atomic E-state index is -1.17. The minimum Gasteiger partial charge on any atom is -0.497 e. The van der Waals surface area contributed by atoms with Crippen LogP contribution in [0.4, 0.5) is 0 Å². The standard InChI is InChI=1S/C12H12N2O4/c1-14-10(9(11(15)16)13-12(14)17)7-3-5-8(18-2)6-4-7/h3-6H,1-2H3,(H,13,17)(H,15,16). The van der Waals surface area contributed by atoms with Gasteiger partial charge in [0.05, 0.1) is 12.8 Å². The van der Waals surface area contributed by atoms with E-state index in [4.69, 9.17) is 9.84 Å². The van der Waals surface area contributed by atoms with Gasteiger partial charge in [-0.25, -0.2) is 9.59 Å². The maximum atomic E-state index is 11.5. The van der Waals surface area contributed by atoms with Crippen molar-refractivity contribution in [3.05, 3.63) is 40.4 Å². The third-order valence-electron chi connectivity index (χ3n) is 2.69. The number of methoxy groups -OCH3 is 1. The summed E-state index contributed by atoms with van der Waals surface area (Å²) in [7, 11) is 3.06. The number of nitrogens with zero attached hydrogens (tertiary/aromatic N) is 1. The number of carbonyl (C=O) groups is 1. The van der Waals surface area contributed by atoms with Gasteiger partial charge in [-0.15, -0.1) is 0 Å². The first-order valence-corrected chi connectivity index (χ1v) is 5.21. The van der Waals surface area contributed by atoms with Crippen LogP contribution in [0, 0.1) is 0 Å². The van der Waals surface area contributed by atoms with Gasteiger partial charge in [0.15, 0.2) is 5.69 Å². The van der Waals surface area contributed by atoms with Crippen LogP contribution in [0.15, 0.2) is 29.1 Å². The fourth-order valence-electron chi connectivity index (χ4n) is 1.76. The summed E-state index contributed by atoms with van der Waals surface area (Å²) in [6.45, 7) is 0. The van der Waals surface area contributed by atoms with Gasteiger partial charge in [0, 0.05) is 12.6 Å². The van der Waals surface area contributed by atoms with Gasteiger partial charge in [-0.05, 0) is 24.3 Å². The Balaban J connectivity index is 2.62. The number of rotatable bonds is 3. The number of aromatic carboxylic acids is 1. The largest absolute Gasteiger partial charge is 0.497 e. The number of hydrogen-bond donors (Lipinski definition) is 2. The number of ether oxygens (including phenoxy) is 1. The lowest BCUT2D eigenvalue weighted by atomic mass is 10.1. The molecule has 18 heavy (non-hydrogen) atoms. The van der Waals surface area contributed by atoms with Crippen LogP contribution in [-0.2, 0) is 7.05 Å². The Labute approximate surface area is 102 Å². The molecule has 94 valence electrons. The van der Waals surface area contributed by atoms with E-state index in [2.05, 4.69) is 4.98 Å². The first-order valence-electron chi connectivity index (χ1n) is 5.21. The van der Waals surface area contributed by atoms with Gasteiger partial charge < -0.3 is 9.84 Å². The topological polar surface area (TPSA) is 84.3 Å². The van der Waals surface area contributed by atoms with Crippen molar-refractivity contribution in [3.8, 4) is 17.0 Å². The Morgan fingerprint density at radius 1 is 1.33 bits per heavy atom. The van der Waals surface area contributed by atoms with Crippen molar-refractivity contribution in [1.29, 1.82) is 0 Å². The number of aromatic amines is 1. The van der Waals surface area contributed by atoms with Crippen molar-refractivity contribution < 1.29 is 14.6 Å². The Bertz CT molecular complexity index is 637. The summed E-state index contributed by atoms with van der Waals surface area (Å²) in [6.07, 6.45) is 0. The van der Waals surface area contributed by atoms with Crippen LogP contribution < -0.4 is 10.4 Å². The normalized spacial score (nSPS) is 10.3. The molecule has 0 fully saturated rings. The Kier molecular flexibility index (Phi) is 2.93. The lowest BCUT2D eigenvalue weighted by Gasteiger charge is -2.05. The summed E-state index contributed by atoms with van der Waals surface area (Å²) in [5.41, 5.74) is 0.398. The van der Waals surface area contributed by atoms with Crippen molar-refractivity contribution in [3.63, 3.8) is 0 Å². The number of aromatic nitrogens is 2. The lowest BCUT2D eigenvalue weighted by molar-refractivity contribution is 0.0691. The highest BCUT2D eigenvalue weighted by Gasteiger charge is 2.18. The van der Waals surface area contributed by atoms with Crippen LogP contribution in [0.1, 0.15) is 10.5 Å². The highest BCUT2D eigenvalue weighted by atomic mass is 16.5. The van der Waals surface area contributed by atoms with Gasteiger partial charge in [-0.3, -0.25) is 9.55 Å². The summed E-state index contributed by atoms with van der Waals surface area (Å²) in [6, 6.07) is 6.82. The fraction of sp³-hybridized carbons (Fsp3) is 0.167. The van der Waals surface area contributed by atoms with Crippen molar-refractivity contribution in [2.24, 2.45) is 7.05 Å². The first-order chi connectivity index (χ1) is 8.54. The zero-order valence-electron chi connectivity index (χ0n) is 9.93. The fourth-order valence-corrected chi connectivity index (χ4v) is 1.76. The molecule has 0 aliphatic carbocycles. The van der Waals surface area contributed by atoms with Crippen LogP contribution in [0.25, 0.3) is 11.3 Å². The number of nitrogens with one attached hydrogen (secondary N) is 1. The lowest BCUT2D eigenvalue weighted by Crippen LogP contribution is -2.13. The third kappa shape index (κ3) is 1.88. The molecule has 0 bridgehead atoms. The van der Waals surface area contributed by atoms with Gasteiger partial charge in [-0.1, -0.05) is 0 Å². The maximum Gasteiger partial charge on any atom is 0.354 e. The van der Waals surface area contributed by atoms with Crippen LogP contribution in [0.2, 0.25) is 0 Å². The molecule has 2 aromatic rings. The van der Waals surface area contributed by atoms with E-state index >= 15 is 0 Å². The Hall–Kier alpha value is -2.50. The van der Waals surface area contributed by atoms with E-state index in [1.54, 1.807) is 31.4 Å². The zero-order chi connectivity index (χ0) is 13.3. The van der Waals surface area contributed by atoms with E-state index in [-0.39, 0.29) is 5.69 Å². The van der Waals surface area contributed by atoms with E-state index in [1.807, 2.05) is 0 Å². The Morgan fingerprint density at radius 2 is 1.94 bits per heavy atom. The van der Waals surface area contributed by atoms with Gasteiger partial charge in [0.1, 0.15) is 5.75 Å². The maximum absolute atomic E-state index is 11.5. The van der Waals surface area contributed by atoms with Crippen molar-refractivity contribution in [2.75, 3.05) is 7.11 Å². The predicted molar refractivity (Wildman–Crippen MR) is 65.0 cm³/mol. The Morgan fingerprint density at radius 3 is 2.44 bits per heavy atom. The molecule has 6 heteroatoms. The molecule has 1 aromatic heterocycles. The van der Waals surface area contributed by atoms with Gasteiger partial charge in [0.2, 0.25) is 0 Å². The molecule has 0 atom stereocenters. The molecule has 1 aromatic carbocycles. The number of carboxylic acid groups (broad SMARTS) is 1. The van der Waals surface area contributed by atoms with Gasteiger partial charge in [-0.2, -0.15) is 0 Å². The average molecular weight is 248 g/mol. The van der Waals surface area contributed by atoms with Crippen molar-refractivity contribution in [1.82, 2.24) is 9.55 Å². The zero-order valence-corrected chi connectivity index (χ0v) is 9.93. The number of carboxylic acids is 1. The molecule has 0 saturated carbocycles. The number of hydrogen-bond acceptors (Lipinski definition) is 3. The van der Waals surface area contributed by atoms with E-state index < -0.39 is 11.7 Å². The molecule has 2 rings (SSSR count). The summed E-state index contributed by atoms with van der Waals surface area (Å²) in [4.78, 5) is 24.9. The molecule has 0 saturated heterocycles. The molecule has 0 unspecified atom stereocenters. The molecule has 0 aliphatic rings. The molecule has 0 amide bonds. The van der Waals surface area contributed by atoms with Crippen LogP contribution in [-0.4, -0.2) is 27.7 Å². The molecule has 6 nitrogen and oxygen atoms in total. The van der Waals surface area contributed by atoms with Crippen LogP contribution >= 0.6 is 0 Å². The molecular weight excluding hydrogens is 236 g/mol. The second-order valence-corrected chi connectivity index (χ2v) is 3.75. The molecule has 1 heterocycles. The van der Waals surface area contributed by atoms with E-state index in [1.165, 1.54) is 11.6 Å². The molecule has 0 radical (unpaired) electrons. The van der Waals surface area contributed by atoms with Crippen LogP contribution in [0.5, 0.6) is 5.75 Å². The summed E-state index contributed by atoms with van der Waals surface area (Å²) < 4.78 is 6.29. The quantitative estimate of drug-likeness (QED) is 0.851. The van der Waals surface area contributed by atoms with E-state index in [9.17, 15) is 9.59 Å². The first kappa shape index (κ1) is 12.0. The molecule has 2 N–H and O–H groups in total. The summed E-state index contributed by atoms with van der Waals surface area (Å²) >= 11 is 0. The monoisotopic (exact) mass is 248 g/mol. The summed E-state index contributed by atoms with van der Waals surface area (Å²) in [5.74, 6) is -0.505.